The quantitative estimate of drug-likeness (QED) is 0.919. The van der Waals surface area contributed by atoms with Gasteiger partial charge in [-0.25, -0.2) is 8.42 Å². The average Bonchev–Trinajstić information content (AvgIpc) is 2.38. The van der Waals surface area contributed by atoms with Crippen LogP contribution in [0.4, 0.5) is 0 Å². The second-order valence-electron chi connectivity index (χ2n) is 5.10. The molecule has 4 nitrogen and oxygen atoms in total. The highest BCUT2D eigenvalue weighted by molar-refractivity contribution is 7.90. The number of ketones is 1. The second-order valence-corrected chi connectivity index (χ2v) is 7.12. The zero-order chi connectivity index (χ0) is 14.0. The number of sulfone groups is 1. The molecule has 5 heteroatoms. The van der Waals surface area contributed by atoms with Crippen molar-refractivity contribution in [1.29, 1.82) is 0 Å². The lowest BCUT2D eigenvalue weighted by atomic mass is 9.82. The molecule has 2 atom stereocenters. The van der Waals surface area contributed by atoms with E-state index in [0.29, 0.717) is 18.4 Å². The number of rotatable bonds is 3. The van der Waals surface area contributed by atoms with Gasteiger partial charge in [0, 0.05) is 18.6 Å². The number of hydrogen-bond donors (Lipinski definition) is 1. The summed E-state index contributed by atoms with van der Waals surface area (Å²) >= 11 is 0. The maximum atomic E-state index is 11.8. The molecule has 0 aliphatic heterocycles. The van der Waals surface area contributed by atoms with Crippen molar-refractivity contribution in [1.82, 2.24) is 0 Å². The first kappa shape index (κ1) is 14.2. The zero-order valence-corrected chi connectivity index (χ0v) is 11.7. The third-order valence-corrected chi connectivity index (χ3v) is 4.76. The Labute approximate surface area is 113 Å². The predicted molar refractivity (Wildman–Crippen MR) is 71.5 cm³/mol. The maximum absolute atomic E-state index is 11.8. The van der Waals surface area contributed by atoms with E-state index < -0.39 is 15.9 Å². The summed E-state index contributed by atoms with van der Waals surface area (Å²) in [6.45, 7) is 0. The van der Waals surface area contributed by atoms with Gasteiger partial charge in [0.15, 0.2) is 9.84 Å². The van der Waals surface area contributed by atoms with Gasteiger partial charge in [0.2, 0.25) is 0 Å². The van der Waals surface area contributed by atoms with E-state index in [0.717, 1.165) is 19.1 Å². The van der Waals surface area contributed by atoms with E-state index in [-0.39, 0.29) is 16.6 Å². The highest BCUT2D eigenvalue weighted by atomic mass is 32.2. The Morgan fingerprint density at radius 1 is 1.21 bits per heavy atom. The number of carbonyl (C=O) groups is 1. The van der Waals surface area contributed by atoms with Crippen molar-refractivity contribution in [2.45, 2.75) is 36.7 Å². The Morgan fingerprint density at radius 3 is 2.37 bits per heavy atom. The molecule has 0 saturated heterocycles. The van der Waals surface area contributed by atoms with Crippen LogP contribution in [-0.4, -0.2) is 25.6 Å². The van der Waals surface area contributed by atoms with Crippen LogP contribution in [0.25, 0.3) is 0 Å². The Bertz CT molecular complexity index is 560. The van der Waals surface area contributed by atoms with Gasteiger partial charge < -0.3 is 5.11 Å². The van der Waals surface area contributed by atoms with E-state index in [4.69, 9.17) is 0 Å². The van der Waals surface area contributed by atoms with Crippen LogP contribution >= 0.6 is 0 Å². The van der Waals surface area contributed by atoms with Gasteiger partial charge in [-0.1, -0.05) is 18.6 Å². The van der Waals surface area contributed by atoms with Crippen LogP contribution in [0.2, 0.25) is 0 Å². The van der Waals surface area contributed by atoms with Crippen LogP contribution in [0, 0.1) is 5.92 Å². The molecule has 1 aromatic rings. The molecule has 104 valence electrons. The third-order valence-electron chi connectivity index (χ3n) is 3.63. The number of aliphatic hydroxyl groups is 1. The van der Waals surface area contributed by atoms with Crippen LogP contribution in [0.1, 0.15) is 37.4 Å². The molecular formula is C14H18O4S. The van der Waals surface area contributed by atoms with Crippen LogP contribution in [0.15, 0.2) is 29.2 Å². The van der Waals surface area contributed by atoms with Gasteiger partial charge in [-0.15, -0.1) is 0 Å². The van der Waals surface area contributed by atoms with Gasteiger partial charge >= 0.3 is 0 Å². The Balaban J connectivity index is 2.20. The molecule has 1 aliphatic rings. The summed E-state index contributed by atoms with van der Waals surface area (Å²) in [6.07, 6.45) is 3.39. The largest absolute Gasteiger partial charge is 0.388 e. The summed E-state index contributed by atoms with van der Waals surface area (Å²) in [5.74, 6) is -0.247. The number of aliphatic hydroxyl groups excluding tert-OH is 1. The van der Waals surface area contributed by atoms with Crippen LogP contribution in [0.5, 0.6) is 0 Å². The summed E-state index contributed by atoms with van der Waals surface area (Å²) in [5, 5.41) is 10.2. The highest BCUT2D eigenvalue weighted by Crippen LogP contribution is 2.32. The van der Waals surface area contributed by atoms with Gasteiger partial charge in [0.05, 0.1) is 11.0 Å². The van der Waals surface area contributed by atoms with Crippen molar-refractivity contribution in [3.63, 3.8) is 0 Å². The molecule has 19 heavy (non-hydrogen) atoms. The van der Waals surface area contributed by atoms with Crippen molar-refractivity contribution < 1.29 is 18.3 Å². The Kier molecular flexibility index (Phi) is 4.06. The Morgan fingerprint density at radius 2 is 1.84 bits per heavy atom. The summed E-state index contributed by atoms with van der Waals surface area (Å²) in [7, 11) is -3.23. The van der Waals surface area contributed by atoms with E-state index in [2.05, 4.69) is 0 Å². The third kappa shape index (κ3) is 3.22. The van der Waals surface area contributed by atoms with Crippen molar-refractivity contribution in [3.05, 3.63) is 29.8 Å². The molecular weight excluding hydrogens is 264 g/mol. The molecule has 0 amide bonds. The topological polar surface area (TPSA) is 71.4 Å². The predicted octanol–water partition coefficient (Wildman–Crippen LogP) is 1.88. The monoisotopic (exact) mass is 282 g/mol. The lowest BCUT2D eigenvalue weighted by Gasteiger charge is -2.25. The minimum Gasteiger partial charge on any atom is -0.388 e. The highest BCUT2D eigenvalue weighted by Gasteiger charge is 2.29. The molecule has 1 fully saturated rings. The van der Waals surface area contributed by atoms with Gasteiger partial charge in [-0.2, -0.15) is 0 Å². The van der Waals surface area contributed by atoms with E-state index in [1.54, 1.807) is 12.1 Å². The van der Waals surface area contributed by atoms with E-state index in [9.17, 15) is 18.3 Å². The van der Waals surface area contributed by atoms with Crippen molar-refractivity contribution in [3.8, 4) is 0 Å². The second kappa shape index (κ2) is 5.43. The van der Waals surface area contributed by atoms with Crippen molar-refractivity contribution >= 4 is 15.6 Å². The molecule has 0 aromatic heterocycles. The van der Waals surface area contributed by atoms with Gasteiger partial charge in [0.25, 0.3) is 0 Å². The molecule has 0 bridgehead atoms. The molecule has 1 N–H and O–H groups in total. The lowest BCUT2D eigenvalue weighted by Crippen LogP contribution is -2.25. The number of Topliss-reactive ketones (excluding diaryl/α,β-unsaturated/α-hetero) is 1. The van der Waals surface area contributed by atoms with Gasteiger partial charge in [-0.05, 0) is 30.5 Å². The molecule has 1 aromatic carbocycles. The average molecular weight is 282 g/mol. The maximum Gasteiger partial charge on any atom is 0.175 e. The summed E-state index contributed by atoms with van der Waals surface area (Å²) in [6, 6.07) is 6.12. The van der Waals surface area contributed by atoms with E-state index in [1.165, 1.54) is 12.1 Å². The minimum atomic E-state index is -3.23. The van der Waals surface area contributed by atoms with Gasteiger partial charge in [-0.3, -0.25) is 4.79 Å². The standard InChI is InChI=1S/C14H18O4S/c1-19(17,18)11-8-6-10(7-9-11)14(16)12-4-2-3-5-13(12)15/h6-9,12,14,16H,2-5H2,1H3. The minimum absolute atomic E-state index is 0.103. The van der Waals surface area contributed by atoms with E-state index in [1.807, 2.05) is 0 Å². The van der Waals surface area contributed by atoms with Gasteiger partial charge in [0.1, 0.15) is 5.78 Å². The summed E-state index contributed by atoms with van der Waals surface area (Å²) in [5.41, 5.74) is 0.604. The van der Waals surface area contributed by atoms with Crippen LogP contribution in [-0.2, 0) is 14.6 Å². The number of carbonyl (C=O) groups excluding carboxylic acids is 1. The summed E-state index contributed by atoms with van der Waals surface area (Å²) in [4.78, 5) is 12.0. The van der Waals surface area contributed by atoms with Crippen LogP contribution < -0.4 is 0 Å². The lowest BCUT2D eigenvalue weighted by molar-refractivity contribution is -0.128. The fourth-order valence-electron chi connectivity index (χ4n) is 2.49. The molecule has 1 saturated carbocycles. The molecule has 0 heterocycles. The fraction of sp³-hybridized carbons (Fsp3) is 0.500. The van der Waals surface area contributed by atoms with Crippen molar-refractivity contribution in [2.24, 2.45) is 5.92 Å². The fourth-order valence-corrected chi connectivity index (χ4v) is 3.12. The molecule has 0 radical (unpaired) electrons. The Hall–Kier alpha value is -1.20. The van der Waals surface area contributed by atoms with Crippen LogP contribution in [0.3, 0.4) is 0 Å². The van der Waals surface area contributed by atoms with E-state index >= 15 is 0 Å². The number of hydrogen-bond acceptors (Lipinski definition) is 4. The number of benzene rings is 1. The molecule has 2 rings (SSSR count). The SMILES string of the molecule is CS(=O)(=O)c1ccc(C(O)C2CCCCC2=O)cc1. The molecule has 0 spiro atoms. The first-order valence-corrected chi connectivity index (χ1v) is 8.29. The smallest absolute Gasteiger partial charge is 0.175 e. The summed E-state index contributed by atoms with van der Waals surface area (Å²) < 4.78 is 22.7. The molecule has 1 aliphatic carbocycles. The first-order chi connectivity index (χ1) is 8.89. The molecule has 2 unspecified atom stereocenters. The normalized spacial score (nSPS) is 22.2. The first-order valence-electron chi connectivity index (χ1n) is 6.40. The zero-order valence-electron chi connectivity index (χ0n) is 10.9. The van der Waals surface area contributed by atoms with Crippen molar-refractivity contribution in [2.75, 3.05) is 6.26 Å².